The lowest BCUT2D eigenvalue weighted by Gasteiger charge is -2.28. The minimum absolute atomic E-state index is 0.133. The van der Waals surface area contributed by atoms with E-state index in [1.165, 1.54) is 4.90 Å². The Morgan fingerprint density at radius 2 is 1.58 bits per heavy atom. The van der Waals surface area contributed by atoms with Gasteiger partial charge in [-0.05, 0) is 61.4 Å². The number of para-hydroxylation sites is 1. The number of ether oxygens (including phenoxy) is 1. The standard InChI is InChI=1S/C30H32N4O4/c1-4-33(5-2)28(35)20-34-27-14-10-9-13-24(27)25(21-11-7-6-8-12-21)19-26(29(34)36)32-30(37)31-22-15-17-23(38-3)18-16-22/h6-19,26H,4-5,20H2,1-3H3,(H2,31,32,37). The van der Waals surface area contributed by atoms with Gasteiger partial charge >= 0.3 is 6.03 Å². The first-order valence-corrected chi connectivity index (χ1v) is 12.6. The van der Waals surface area contributed by atoms with Gasteiger partial charge in [0.25, 0.3) is 5.91 Å². The van der Waals surface area contributed by atoms with Gasteiger partial charge in [0.05, 0.1) is 12.8 Å². The Labute approximate surface area is 222 Å². The summed E-state index contributed by atoms with van der Waals surface area (Å²) in [5.74, 6) is 0.105. The summed E-state index contributed by atoms with van der Waals surface area (Å²) < 4.78 is 5.17. The number of carbonyl (C=O) groups excluding carboxylic acids is 3. The first-order valence-electron chi connectivity index (χ1n) is 12.6. The van der Waals surface area contributed by atoms with E-state index in [1.54, 1.807) is 42.4 Å². The number of likely N-dealkylation sites (N-methyl/N-ethyl adjacent to an activating group) is 1. The molecule has 38 heavy (non-hydrogen) atoms. The Balaban J connectivity index is 1.71. The molecule has 2 N–H and O–H groups in total. The zero-order chi connectivity index (χ0) is 27.1. The molecule has 3 aromatic rings. The second kappa shape index (κ2) is 12.1. The topological polar surface area (TPSA) is 91.0 Å². The Morgan fingerprint density at radius 3 is 2.24 bits per heavy atom. The zero-order valence-corrected chi connectivity index (χ0v) is 21.8. The summed E-state index contributed by atoms with van der Waals surface area (Å²) in [6.45, 7) is 4.76. The lowest BCUT2D eigenvalue weighted by Crippen LogP contribution is -2.51. The third kappa shape index (κ3) is 5.86. The molecule has 196 valence electrons. The van der Waals surface area contributed by atoms with Crippen LogP contribution in [0.25, 0.3) is 5.57 Å². The van der Waals surface area contributed by atoms with Crippen LogP contribution < -0.4 is 20.3 Å². The van der Waals surface area contributed by atoms with Crippen LogP contribution in [-0.4, -0.2) is 55.5 Å². The Bertz CT molecular complexity index is 1320. The quantitative estimate of drug-likeness (QED) is 0.464. The molecule has 1 aliphatic heterocycles. The molecular weight excluding hydrogens is 480 g/mol. The zero-order valence-electron chi connectivity index (χ0n) is 21.8. The van der Waals surface area contributed by atoms with Crippen LogP contribution in [0.4, 0.5) is 16.2 Å². The highest BCUT2D eigenvalue weighted by Gasteiger charge is 2.33. The first kappa shape index (κ1) is 26.5. The fourth-order valence-electron chi connectivity index (χ4n) is 4.48. The van der Waals surface area contributed by atoms with Crippen LogP contribution in [0, 0.1) is 0 Å². The second-order valence-electron chi connectivity index (χ2n) is 8.76. The molecule has 0 aliphatic carbocycles. The van der Waals surface area contributed by atoms with Crippen LogP contribution in [0.3, 0.4) is 0 Å². The van der Waals surface area contributed by atoms with Gasteiger partial charge in [-0.1, -0.05) is 48.5 Å². The minimum atomic E-state index is -1.01. The minimum Gasteiger partial charge on any atom is -0.497 e. The number of carbonyl (C=O) groups is 3. The van der Waals surface area contributed by atoms with Gasteiger partial charge in [-0.3, -0.25) is 9.59 Å². The van der Waals surface area contributed by atoms with E-state index in [2.05, 4.69) is 10.6 Å². The predicted molar refractivity (Wildman–Crippen MR) is 149 cm³/mol. The number of fused-ring (bicyclic) bond motifs is 1. The number of benzene rings is 3. The monoisotopic (exact) mass is 512 g/mol. The van der Waals surface area contributed by atoms with Crippen LogP contribution in [0.1, 0.15) is 25.0 Å². The van der Waals surface area contributed by atoms with Crippen molar-refractivity contribution >= 4 is 34.8 Å². The molecule has 8 nitrogen and oxygen atoms in total. The molecule has 0 radical (unpaired) electrons. The Kier molecular flexibility index (Phi) is 8.43. The summed E-state index contributed by atoms with van der Waals surface area (Å²) in [6, 6.07) is 22.5. The van der Waals surface area contributed by atoms with Crippen molar-refractivity contribution in [2.45, 2.75) is 19.9 Å². The van der Waals surface area contributed by atoms with Gasteiger partial charge in [0.1, 0.15) is 18.3 Å². The largest absolute Gasteiger partial charge is 0.497 e. The number of nitrogens with zero attached hydrogens (tertiary/aromatic N) is 2. The van der Waals surface area contributed by atoms with Gasteiger partial charge < -0.3 is 25.2 Å². The fourth-order valence-corrected chi connectivity index (χ4v) is 4.48. The SMILES string of the molecule is CCN(CC)C(=O)CN1C(=O)C(NC(=O)Nc2ccc(OC)cc2)C=C(c2ccccc2)c2ccccc21. The van der Waals surface area contributed by atoms with Gasteiger partial charge in [0, 0.05) is 24.3 Å². The summed E-state index contributed by atoms with van der Waals surface area (Å²) in [6.07, 6.45) is 1.76. The van der Waals surface area contributed by atoms with E-state index >= 15 is 0 Å². The maximum atomic E-state index is 13.9. The number of hydrogen-bond acceptors (Lipinski definition) is 4. The van der Waals surface area contributed by atoms with E-state index in [0.29, 0.717) is 30.2 Å². The second-order valence-corrected chi connectivity index (χ2v) is 8.76. The van der Waals surface area contributed by atoms with Crippen molar-refractivity contribution in [3.8, 4) is 5.75 Å². The van der Waals surface area contributed by atoms with Gasteiger partial charge in [0.15, 0.2) is 0 Å². The average Bonchev–Trinajstić information content (AvgIpc) is 3.05. The van der Waals surface area contributed by atoms with Crippen LogP contribution in [0.5, 0.6) is 5.75 Å². The van der Waals surface area contributed by atoms with Crippen molar-refractivity contribution in [2.75, 3.05) is 37.0 Å². The molecule has 8 heteroatoms. The van der Waals surface area contributed by atoms with Crippen LogP contribution in [0.15, 0.2) is 84.9 Å². The van der Waals surface area contributed by atoms with Crippen molar-refractivity contribution in [3.63, 3.8) is 0 Å². The molecule has 4 rings (SSSR count). The van der Waals surface area contributed by atoms with Crippen molar-refractivity contribution in [1.29, 1.82) is 0 Å². The van der Waals surface area contributed by atoms with E-state index in [9.17, 15) is 14.4 Å². The van der Waals surface area contributed by atoms with E-state index in [0.717, 1.165) is 16.7 Å². The maximum Gasteiger partial charge on any atom is 0.320 e. The lowest BCUT2D eigenvalue weighted by atomic mass is 9.95. The highest BCUT2D eigenvalue weighted by atomic mass is 16.5. The summed E-state index contributed by atoms with van der Waals surface area (Å²) >= 11 is 0. The molecule has 1 heterocycles. The Hall–Kier alpha value is -4.59. The van der Waals surface area contributed by atoms with Crippen molar-refractivity contribution in [1.82, 2.24) is 10.2 Å². The molecule has 1 unspecified atom stereocenters. The molecule has 1 aliphatic rings. The van der Waals surface area contributed by atoms with E-state index in [4.69, 9.17) is 4.74 Å². The molecule has 0 aromatic heterocycles. The number of rotatable bonds is 8. The average molecular weight is 513 g/mol. The number of urea groups is 1. The highest BCUT2D eigenvalue weighted by Crippen LogP contribution is 2.35. The molecule has 0 spiro atoms. The van der Waals surface area contributed by atoms with Crippen molar-refractivity contribution in [3.05, 3.63) is 96.1 Å². The number of methoxy groups -OCH3 is 1. The molecule has 1 atom stereocenters. The summed E-state index contributed by atoms with van der Waals surface area (Å²) in [5, 5.41) is 5.58. The number of anilines is 2. The van der Waals surface area contributed by atoms with E-state index in [-0.39, 0.29) is 12.5 Å². The van der Waals surface area contributed by atoms with Gasteiger partial charge in [-0.2, -0.15) is 0 Å². The molecule has 0 fully saturated rings. The normalized spacial score (nSPS) is 14.6. The molecular formula is C30H32N4O4. The van der Waals surface area contributed by atoms with Gasteiger partial charge in [-0.25, -0.2) is 4.79 Å². The first-order chi connectivity index (χ1) is 18.4. The molecule has 0 saturated heterocycles. The maximum absolute atomic E-state index is 13.9. The number of nitrogens with one attached hydrogen (secondary N) is 2. The molecule has 0 bridgehead atoms. The van der Waals surface area contributed by atoms with Gasteiger partial charge in [-0.15, -0.1) is 0 Å². The van der Waals surface area contributed by atoms with Crippen LogP contribution in [-0.2, 0) is 9.59 Å². The Morgan fingerprint density at radius 1 is 0.921 bits per heavy atom. The molecule has 0 saturated carbocycles. The smallest absolute Gasteiger partial charge is 0.320 e. The summed E-state index contributed by atoms with van der Waals surface area (Å²) in [5.41, 5.74) is 3.66. The van der Waals surface area contributed by atoms with Crippen LogP contribution >= 0.6 is 0 Å². The van der Waals surface area contributed by atoms with Crippen molar-refractivity contribution in [2.24, 2.45) is 0 Å². The fraction of sp³-hybridized carbons (Fsp3) is 0.233. The third-order valence-electron chi connectivity index (χ3n) is 6.48. The molecule has 3 aromatic carbocycles. The van der Waals surface area contributed by atoms with Crippen molar-refractivity contribution < 1.29 is 19.1 Å². The summed E-state index contributed by atoms with van der Waals surface area (Å²) in [4.78, 5) is 43.2. The third-order valence-corrected chi connectivity index (χ3v) is 6.48. The van der Waals surface area contributed by atoms with E-state index < -0.39 is 18.0 Å². The molecule has 4 amide bonds. The summed E-state index contributed by atoms with van der Waals surface area (Å²) in [7, 11) is 1.57. The number of amides is 4. The van der Waals surface area contributed by atoms with Gasteiger partial charge in [0.2, 0.25) is 5.91 Å². The van der Waals surface area contributed by atoms with E-state index in [1.807, 2.05) is 68.4 Å². The predicted octanol–water partition coefficient (Wildman–Crippen LogP) is 4.53. The highest BCUT2D eigenvalue weighted by molar-refractivity contribution is 6.09. The number of hydrogen-bond donors (Lipinski definition) is 2. The van der Waals surface area contributed by atoms with Crippen LogP contribution in [0.2, 0.25) is 0 Å². The lowest BCUT2D eigenvalue weighted by molar-refractivity contribution is -0.131.